The predicted molar refractivity (Wildman–Crippen MR) is 89.9 cm³/mol. The molecule has 1 rings (SSSR count). The first-order valence-corrected chi connectivity index (χ1v) is 8.00. The molecule has 0 saturated heterocycles. The Labute approximate surface area is 139 Å². The van der Waals surface area contributed by atoms with Gasteiger partial charge in [-0.1, -0.05) is 0 Å². The number of nitrogens with zero attached hydrogens (tertiary/aromatic N) is 3. The molecule has 1 amide bonds. The molecule has 0 spiro atoms. The van der Waals surface area contributed by atoms with Crippen LogP contribution in [-0.2, 0) is 18.3 Å². The van der Waals surface area contributed by atoms with E-state index in [1.807, 2.05) is 51.6 Å². The summed E-state index contributed by atoms with van der Waals surface area (Å²) in [5, 5.41) is 12.3. The lowest BCUT2D eigenvalue weighted by Crippen LogP contribution is -2.38. The monoisotopic (exact) mass is 320 g/mol. The fourth-order valence-corrected chi connectivity index (χ4v) is 2.17. The van der Waals surface area contributed by atoms with Crippen molar-refractivity contribution in [1.82, 2.24) is 14.8 Å². The van der Waals surface area contributed by atoms with Crippen LogP contribution < -0.4 is 5.32 Å². The van der Waals surface area contributed by atoms with Gasteiger partial charge in [0.15, 0.2) is 0 Å². The maximum Gasteiger partial charge on any atom is 0.410 e. The van der Waals surface area contributed by atoms with Gasteiger partial charge in [0.2, 0.25) is 0 Å². The van der Waals surface area contributed by atoms with Gasteiger partial charge in [0, 0.05) is 32.9 Å². The van der Waals surface area contributed by atoms with Crippen molar-refractivity contribution in [2.45, 2.75) is 46.3 Å². The largest absolute Gasteiger partial charge is 0.444 e. The molecule has 0 aliphatic carbocycles. The zero-order valence-corrected chi connectivity index (χ0v) is 14.8. The van der Waals surface area contributed by atoms with Crippen LogP contribution in [0.5, 0.6) is 0 Å². The van der Waals surface area contributed by atoms with Crippen LogP contribution >= 0.6 is 0 Å². The molecule has 0 unspecified atom stereocenters. The molecule has 0 aliphatic heterocycles. The van der Waals surface area contributed by atoms with Crippen molar-refractivity contribution in [3.63, 3.8) is 0 Å². The van der Waals surface area contributed by atoms with Gasteiger partial charge in [0.05, 0.1) is 0 Å². The van der Waals surface area contributed by atoms with E-state index in [1.165, 1.54) is 0 Å². The lowest BCUT2D eigenvalue weighted by molar-refractivity contribution is 0.0258. The van der Waals surface area contributed by atoms with Gasteiger partial charge in [-0.25, -0.2) is 4.79 Å². The summed E-state index contributed by atoms with van der Waals surface area (Å²) in [4.78, 5) is 13.7. The number of ether oxygens (including phenoxy) is 1. The number of hydrogen-bond donors (Lipinski definition) is 1. The standard InChI is InChI=1S/C17H28N4O2/c1-6-21(16(22)23-17(2,3)4)9-7-8-19-12-14-10-15(11-18)20(5)13-14/h10,13,19H,6-9,12H2,1-5H3. The van der Waals surface area contributed by atoms with Gasteiger partial charge in [0.1, 0.15) is 17.4 Å². The number of amides is 1. The van der Waals surface area contributed by atoms with E-state index in [2.05, 4.69) is 11.4 Å². The fourth-order valence-electron chi connectivity index (χ4n) is 2.17. The Balaban J connectivity index is 2.29. The molecule has 0 bridgehead atoms. The van der Waals surface area contributed by atoms with Gasteiger partial charge in [-0.2, -0.15) is 5.26 Å². The zero-order chi connectivity index (χ0) is 17.5. The molecular weight excluding hydrogens is 292 g/mol. The Bertz CT molecular complexity index is 552. The molecular formula is C17H28N4O2. The number of aromatic nitrogens is 1. The van der Waals surface area contributed by atoms with Gasteiger partial charge >= 0.3 is 6.09 Å². The molecule has 1 N–H and O–H groups in total. The van der Waals surface area contributed by atoms with Crippen LogP contribution in [0.3, 0.4) is 0 Å². The summed E-state index contributed by atoms with van der Waals surface area (Å²) in [6.45, 7) is 10.4. The van der Waals surface area contributed by atoms with Gasteiger partial charge < -0.3 is 19.5 Å². The van der Waals surface area contributed by atoms with E-state index in [4.69, 9.17) is 10.00 Å². The number of carbonyl (C=O) groups is 1. The van der Waals surface area contributed by atoms with Crippen molar-refractivity contribution in [2.24, 2.45) is 7.05 Å². The normalized spacial score (nSPS) is 11.1. The number of nitrogens with one attached hydrogen (secondary N) is 1. The molecule has 0 saturated carbocycles. The van der Waals surface area contributed by atoms with E-state index in [0.29, 0.717) is 25.3 Å². The maximum absolute atomic E-state index is 12.0. The van der Waals surface area contributed by atoms with Crippen molar-refractivity contribution < 1.29 is 9.53 Å². The van der Waals surface area contributed by atoms with E-state index >= 15 is 0 Å². The van der Waals surface area contributed by atoms with E-state index < -0.39 is 5.60 Å². The van der Waals surface area contributed by atoms with Crippen LogP contribution in [0.1, 0.15) is 45.4 Å². The molecule has 0 radical (unpaired) electrons. The molecule has 0 aliphatic rings. The summed E-state index contributed by atoms with van der Waals surface area (Å²) in [6.07, 6.45) is 2.54. The highest BCUT2D eigenvalue weighted by Gasteiger charge is 2.20. The van der Waals surface area contributed by atoms with Crippen LogP contribution in [0.15, 0.2) is 12.3 Å². The van der Waals surface area contributed by atoms with Crippen molar-refractivity contribution in [3.8, 4) is 6.07 Å². The predicted octanol–water partition coefficient (Wildman–Crippen LogP) is 2.63. The molecule has 0 fully saturated rings. The van der Waals surface area contributed by atoms with Gasteiger partial charge in [0.25, 0.3) is 0 Å². The quantitative estimate of drug-likeness (QED) is 0.784. The average molecular weight is 320 g/mol. The first kappa shape index (κ1) is 19.0. The zero-order valence-electron chi connectivity index (χ0n) is 14.8. The number of carbonyl (C=O) groups excluding carboxylic acids is 1. The molecule has 1 aromatic rings. The maximum atomic E-state index is 12.0. The second-order valence-electron chi connectivity index (χ2n) is 6.55. The van der Waals surface area contributed by atoms with Crippen LogP contribution in [0.25, 0.3) is 0 Å². The van der Waals surface area contributed by atoms with E-state index in [-0.39, 0.29) is 6.09 Å². The topological polar surface area (TPSA) is 70.3 Å². The van der Waals surface area contributed by atoms with E-state index in [9.17, 15) is 4.79 Å². The van der Waals surface area contributed by atoms with Gasteiger partial charge in [-0.3, -0.25) is 0 Å². The molecule has 1 aromatic heterocycles. The molecule has 0 atom stereocenters. The minimum atomic E-state index is -0.464. The highest BCUT2D eigenvalue weighted by molar-refractivity contribution is 5.68. The van der Waals surface area contributed by atoms with Crippen LogP contribution in [0.2, 0.25) is 0 Å². The average Bonchev–Trinajstić information content (AvgIpc) is 2.81. The highest BCUT2D eigenvalue weighted by Crippen LogP contribution is 2.10. The van der Waals surface area contributed by atoms with Crippen molar-refractivity contribution in [3.05, 3.63) is 23.5 Å². The molecule has 128 valence electrons. The Morgan fingerprint density at radius 2 is 2.17 bits per heavy atom. The minimum Gasteiger partial charge on any atom is -0.444 e. The van der Waals surface area contributed by atoms with Crippen LogP contribution in [0, 0.1) is 11.3 Å². The first-order valence-electron chi connectivity index (χ1n) is 8.00. The smallest absolute Gasteiger partial charge is 0.410 e. The van der Waals surface area contributed by atoms with Crippen LogP contribution in [0.4, 0.5) is 4.79 Å². The highest BCUT2D eigenvalue weighted by atomic mass is 16.6. The Morgan fingerprint density at radius 3 is 2.70 bits per heavy atom. The fraction of sp³-hybridized carbons (Fsp3) is 0.647. The lowest BCUT2D eigenvalue weighted by Gasteiger charge is -2.26. The molecule has 0 aromatic carbocycles. The van der Waals surface area contributed by atoms with Crippen molar-refractivity contribution in [1.29, 1.82) is 5.26 Å². The Kier molecular flexibility index (Phi) is 7.11. The van der Waals surface area contributed by atoms with Gasteiger partial charge in [-0.15, -0.1) is 0 Å². The van der Waals surface area contributed by atoms with E-state index in [0.717, 1.165) is 18.5 Å². The van der Waals surface area contributed by atoms with Crippen LogP contribution in [-0.4, -0.2) is 40.8 Å². The summed E-state index contributed by atoms with van der Waals surface area (Å²) >= 11 is 0. The van der Waals surface area contributed by atoms with Gasteiger partial charge in [-0.05, 0) is 52.3 Å². The second-order valence-corrected chi connectivity index (χ2v) is 6.55. The first-order chi connectivity index (χ1) is 10.8. The van der Waals surface area contributed by atoms with Crippen molar-refractivity contribution >= 4 is 6.09 Å². The summed E-state index contributed by atoms with van der Waals surface area (Å²) in [7, 11) is 1.86. The minimum absolute atomic E-state index is 0.262. The molecule has 6 nitrogen and oxygen atoms in total. The summed E-state index contributed by atoms with van der Waals surface area (Å²) < 4.78 is 7.20. The molecule has 23 heavy (non-hydrogen) atoms. The molecule has 1 heterocycles. The van der Waals surface area contributed by atoms with Crippen molar-refractivity contribution in [2.75, 3.05) is 19.6 Å². The summed E-state index contributed by atoms with van der Waals surface area (Å²) in [5.74, 6) is 0. The SMILES string of the molecule is CCN(CCCNCc1cc(C#N)n(C)c1)C(=O)OC(C)(C)C. The third kappa shape index (κ3) is 6.74. The summed E-state index contributed by atoms with van der Waals surface area (Å²) in [6, 6.07) is 4.03. The number of nitriles is 1. The van der Waals surface area contributed by atoms with E-state index in [1.54, 1.807) is 4.90 Å². The Hall–Kier alpha value is -2.00. The summed E-state index contributed by atoms with van der Waals surface area (Å²) in [5.41, 5.74) is 1.28. The number of rotatable bonds is 7. The second kappa shape index (κ2) is 8.59. The number of aryl methyl sites for hydroxylation is 1. The Morgan fingerprint density at radius 1 is 1.48 bits per heavy atom. The third-order valence-corrected chi connectivity index (χ3v) is 3.32. The third-order valence-electron chi connectivity index (χ3n) is 3.32. The molecule has 6 heteroatoms. The lowest BCUT2D eigenvalue weighted by atomic mass is 10.2. The number of hydrogen-bond acceptors (Lipinski definition) is 4.